The lowest BCUT2D eigenvalue weighted by molar-refractivity contribution is 0.102. The summed E-state index contributed by atoms with van der Waals surface area (Å²) in [5, 5.41) is 2.66. The fourth-order valence-corrected chi connectivity index (χ4v) is 2.29. The van der Waals surface area contributed by atoms with Crippen LogP contribution in [0.15, 0.2) is 66.7 Å². The lowest BCUT2D eigenvalue weighted by Gasteiger charge is -2.09. The fourth-order valence-electron chi connectivity index (χ4n) is 2.29. The normalized spacial score (nSPS) is 10.5. The zero-order chi connectivity index (χ0) is 17.1. The summed E-state index contributed by atoms with van der Waals surface area (Å²) in [5.41, 5.74) is 1.49. The molecule has 1 amide bonds. The maximum Gasteiger partial charge on any atom is 0.255 e. The predicted molar refractivity (Wildman–Crippen MR) is 86.1 cm³/mol. The first-order valence-corrected chi connectivity index (χ1v) is 7.15. The Morgan fingerprint density at radius 1 is 0.792 bits per heavy atom. The topological polar surface area (TPSA) is 29.1 Å². The Morgan fingerprint density at radius 2 is 1.50 bits per heavy atom. The van der Waals surface area contributed by atoms with Crippen molar-refractivity contribution in [3.8, 4) is 11.1 Å². The first-order valence-electron chi connectivity index (χ1n) is 7.15. The molecule has 0 aliphatic carbocycles. The summed E-state index contributed by atoms with van der Waals surface area (Å²) in [7, 11) is 0. The van der Waals surface area contributed by atoms with Crippen molar-refractivity contribution in [2.45, 2.75) is 0 Å². The Hall–Kier alpha value is -3.08. The number of hydrogen-bond donors (Lipinski definition) is 1. The molecule has 0 aromatic heterocycles. The van der Waals surface area contributed by atoms with Gasteiger partial charge in [0, 0.05) is 22.9 Å². The molecule has 24 heavy (non-hydrogen) atoms. The summed E-state index contributed by atoms with van der Waals surface area (Å²) < 4.78 is 39.8. The van der Waals surface area contributed by atoms with E-state index in [1.54, 1.807) is 24.3 Å². The number of amides is 1. The van der Waals surface area contributed by atoms with E-state index in [1.165, 1.54) is 36.4 Å². The molecule has 0 heterocycles. The summed E-state index contributed by atoms with van der Waals surface area (Å²) >= 11 is 0. The van der Waals surface area contributed by atoms with Crippen molar-refractivity contribution in [1.29, 1.82) is 0 Å². The molecule has 3 aromatic rings. The molecule has 2 nitrogen and oxygen atoms in total. The monoisotopic (exact) mass is 327 g/mol. The Morgan fingerprint density at radius 3 is 2.21 bits per heavy atom. The van der Waals surface area contributed by atoms with Gasteiger partial charge in [0.25, 0.3) is 5.91 Å². The van der Waals surface area contributed by atoms with E-state index in [-0.39, 0.29) is 5.56 Å². The number of rotatable bonds is 3. The highest BCUT2D eigenvalue weighted by molar-refractivity contribution is 6.04. The zero-order valence-corrected chi connectivity index (χ0v) is 12.4. The van der Waals surface area contributed by atoms with Gasteiger partial charge in [-0.3, -0.25) is 4.79 Å². The second-order valence-electron chi connectivity index (χ2n) is 5.17. The average molecular weight is 327 g/mol. The van der Waals surface area contributed by atoms with Crippen LogP contribution in [0, 0.1) is 17.5 Å². The summed E-state index contributed by atoms with van der Waals surface area (Å²) in [6.07, 6.45) is 0. The van der Waals surface area contributed by atoms with Gasteiger partial charge < -0.3 is 5.32 Å². The maximum atomic E-state index is 13.9. The molecule has 0 spiro atoms. The molecular weight excluding hydrogens is 315 g/mol. The van der Waals surface area contributed by atoms with E-state index in [0.717, 1.165) is 6.07 Å². The molecule has 1 N–H and O–H groups in total. The number of anilines is 1. The molecule has 0 aliphatic heterocycles. The van der Waals surface area contributed by atoms with E-state index >= 15 is 0 Å². The molecular formula is C19H12F3NO. The van der Waals surface area contributed by atoms with E-state index in [2.05, 4.69) is 5.32 Å². The lowest BCUT2D eigenvalue weighted by Crippen LogP contribution is -2.11. The van der Waals surface area contributed by atoms with E-state index in [0.29, 0.717) is 16.8 Å². The third kappa shape index (κ3) is 3.46. The molecule has 0 saturated carbocycles. The van der Waals surface area contributed by atoms with Crippen LogP contribution in [0.5, 0.6) is 0 Å². The molecule has 0 saturated heterocycles. The van der Waals surface area contributed by atoms with Gasteiger partial charge in [0.1, 0.15) is 17.5 Å². The molecule has 3 aromatic carbocycles. The van der Waals surface area contributed by atoms with Gasteiger partial charge in [-0.1, -0.05) is 12.1 Å². The summed E-state index contributed by atoms with van der Waals surface area (Å²) in [5.74, 6) is -2.18. The molecule has 0 aliphatic rings. The standard InChI is InChI=1S/C19H12F3NO/c20-14-6-4-12(5-7-14)19(24)23-16-3-1-2-13(10-16)17-9-8-15(21)11-18(17)22/h1-11H,(H,23,24). The molecule has 120 valence electrons. The molecule has 0 unspecified atom stereocenters. The first kappa shape index (κ1) is 15.8. The first-order chi connectivity index (χ1) is 11.5. The lowest BCUT2D eigenvalue weighted by atomic mass is 10.0. The minimum atomic E-state index is -0.683. The second-order valence-corrected chi connectivity index (χ2v) is 5.17. The third-order valence-electron chi connectivity index (χ3n) is 3.47. The summed E-state index contributed by atoms with van der Waals surface area (Å²) in [6.45, 7) is 0. The molecule has 5 heteroatoms. The maximum absolute atomic E-state index is 13.9. The van der Waals surface area contributed by atoms with E-state index in [4.69, 9.17) is 0 Å². The van der Waals surface area contributed by atoms with Gasteiger partial charge in [0.2, 0.25) is 0 Å². The van der Waals surface area contributed by atoms with Crippen molar-refractivity contribution in [3.63, 3.8) is 0 Å². The Bertz CT molecular complexity index is 891. The zero-order valence-electron chi connectivity index (χ0n) is 12.4. The Labute approximate surface area is 136 Å². The number of halogens is 3. The highest BCUT2D eigenvalue weighted by Gasteiger charge is 2.09. The van der Waals surface area contributed by atoms with Crippen LogP contribution in [0.4, 0.5) is 18.9 Å². The van der Waals surface area contributed by atoms with E-state index < -0.39 is 23.4 Å². The van der Waals surface area contributed by atoms with Gasteiger partial charge in [0.05, 0.1) is 0 Å². The van der Waals surface area contributed by atoms with E-state index in [9.17, 15) is 18.0 Å². The highest BCUT2D eigenvalue weighted by Crippen LogP contribution is 2.26. The Kier molecular flexibility index (Phi) is 4.33. The number of carbonyl (C=O) groups is 1. The van der Waals surface area contributed by atoms with E-state index in [1.807, 2.05) is 0 Å². The number of nitrogens with one attached hydrogen (secondary N) is 1. The van der Waals surface area contributed by atoms with Gasteiger partial charge in [0.15, 0.2) is 0 Å². The number of benzene rings is 3. The van der Waals surface area contributed by atoms with Crippen molar-refractivity contribution < 1.29 is 18.0 Å². The molecule has 0 bridgehead atoms. The fraction of sp³-hybridized carbons (Fsp3) is 0. The van der Waals surface area contributed by atoms with Crippen LogP contribution >= 0.6 is 0 Å². The van der Waals surface area contributed by atoms with Gasteiger partial charge in [-0.05, 0) is 54.1 Å². The summed E-state index contributed by atoms with van der Waals surface area (Å²) in [4.78, 5) is 12.1. The minimum Gasteiger partial charge on any atom is -0.322 e. The minimum absolute atomic E-state index is 0.231. The van der Waals surface area contributed by atoms with Crippen LogP contribution < -0.4 is 5.32 Å². The van der Waals surface area contributed by atoms with Crippen LogP contribution in [0.1, 0.15) is 10.4 Å². The van der Waals surface area contributed by atoms with Crippen LogP contribution in [0.2, 0.25) is 0 Å². The highest BCUT2D eigenvalue weighted by atomic mass is 19.1. The quantitative estimate of drug-likeness (QED) is 0.719. The molecule has 0 atom stereocenters. The van der Waals surface area contributed by atoms with Gasteiger partial charge >= 0.3 is 0 Å². The smallest absolute Gasteiger partial charge is 0.255 e. The van der Waals surface area contributed by atoms with Crippen molar-refractivity contribution in [3.05, 3.63) is 89.7 Å². The van der Waals surface area contributed by atoms with Crippen LogP contribution in [-0.2, 0) is 0 Å². The molecule has 0 radical (unpaired) electrons. The number of carbonyl (C=O) groups excluding carboxylic acids is 1. The van der Waals surface area contributed by atoms with Gasteiger partial charge in [-0.25, -0.2) is 13.2 Å². The van der Waals surface area contributed by atoms with Crippen LogP contribution in [-0.4, -0.2) is 5.91 Å². The van der Waals surface area contributed by atoms with Gasteiger partial charge in [-0.15, -0.1) is 0 Å². The van der Waals surface area contributed by atoms with Crippen molar-refractivity contribution in [2.75, 3.05) is 5.32 Å². The van der Waals surface area contributed by atoms with Crippen molar-refractivity contribution in [1.82, 2.24) is 0 Å². The predicted octanol–water partition coefficient (Wildman–Crippen LogP) is 5.02. The Balaban J connectivity index is 1.85. The summed E-state index contributed by atoms with van der Waals surface area (Å²) in [6, 6.07) is 15.0. The third-order valence-corrected chi connectivity index (χ3v) is 3.47. The van der Waals surface area contributed by atoms with Crippen LogP contribution in [0.3, 0.4) is 0 Å². The number of hydrogen-bond acceptors (Lipinski definition) is 1. The SMILES string of the molecule is O=C(Nc1cccc(-c2ccc(F)cc2F)c1)c1ccc(F)cc1. The largest absolute Gasteiger partial charge is 0.322 e. The molecule has 0 fully saturated rings. The van der Waals surface area contributed by atoms with Crippen molar-refractivity contribution >= 4 is 11.6 Å². The second kappa shape index (κ2) is 6.58. The average Bonchev–Trinajstić information content (AvgIpc) is 2.55. The molecule has 3 rings (SSSR count). The van der Waals surface area contributed by atoms with Crippen molar-refractivity contribution in [2.24, 2.45) is 0 Å². The van der Waals surface area contributed by atoms with Gasteiger partial charge in [-0.2, -0.15) is 0 Å². The van der Waals surface area contributed by atoms with Crippen LogP contribution in [0.25, 0.3) is 11.1 Å².